The minimum atomic E-state index is -0.801. The maximum absolute atomic E-state index is 11.6. The number of carboxylic acids is 1. The Balaban J connectivity index is 1.34. The number of ether oxygens (including phenoxy) is 4. The zero-order chi connectivity index (χ0) is 27.1. The number of nitrogens with zero attached hydrogens (tertiary/aromatic N) is 3. The highest BCUT2D eigenvalue weighted by atomic mass is 35.5. The van der Waals surface area contributed by atoms with Crippen LogP contribution in [0.5, 0.6) is 11.6 Å². The second-order valence-corrected chi connectivity index (χ2v) is 10.3. The molecule has 2 aliphatic rings. The number of piperidine rings is 1. The van der Waals surface area contributed by atoms with E-state index in [2.05, 4.69) is 21.7 Å². The van der Waals surface area contributed by atoms with Crippen LogP contribution in [0.2, 0.25) is 5.02 Å². The molecule has 1 N–H and O–H groups in total. The average Bonchev–Trinajstić information content (AvgIpc) is 3.22. The molecule has 0 bridgehead atoms. The summed E-state index contributed by atoms with van der Waals surface area (Å²) in [5, 5.41) is 10.1. The SMILES string of the molecule is COCCCO[C@H]1CN(c2ccc(OC3CCN(c4cc(OC)ncc4Cl)CC3)cc2)[C@@H](CC(=O)O)[C@@H]1C. The Morgan fingerprint density at radius 2 is 1.89 bits per heavy atom. The second-order valence-electron chi connectivity index (χ2n) is 9.91. The molecule has 38 heavy (non-hydrogen) atoms. The van der Waals surface area contributed by atoms with Gasteiger partial charge < -0.3 is 33.9 Å². The number of aromatic nitrogens is 1. The first-order valence-corrected chi connectivity index (χ1v) is 13.6. The molecule has 1 aromatic carbocycles. The summed E-state index contributed by atoms with van der Waals surface area (Å²) in [7, 11) is 3.27. The molecule has 2 aromatic rings. The molecule has 208 valence electrons. The first-order chi connectivity index (χ1) is 18.4. The highest BCUT2D eigenvalue weighted by Crippen LogP contribution is 2.35. The Labute approximate surface area is 229 Å². The molecular weight excluding hydrogens is 510 g/mol. The van der Waals surface area contributed by atoms with E-state index in [-0.39, 0.29) is 30.6 Å². The van der Waals surface area contributed by atoms with Crippen LogP contribution in [-0.4, -0.2) is 81.4 Å². The van der Waals surface area contributed by atoms with E-state index in [1.165, 1.54) is 0 Å². The average molecular weight is 548 g/mol. The van der Waals surface area contributed by atoms with Crippen LogP contribution >= 0.6 is 11.6 Å². The number of carbonyl (C=O) groups is 1. The molecule has 0 spiro atoms. The Hall–Kier alpha value is -2.75. The van der Waals surface area contributed by atoms with Crippen LogP contribution in [0.25, 0.3) is 0 Å². The van der Waals surface area contributed by atoms with Gasteiger partial charge in [-0.25, -0.2) is 4.98 Å². The third-order valence-electron chi connectivity index (χ3n) is 7.45. The topological polar surface area (TPSA) is 93.6 Å². The van der Waals surface area contributed by atoms with Crippen molar-refractivity contribution < 1.29 is 28.8 Å². The van der Waals surface area contributed by atoms with Gasteiger partial charge in [-0.3, -0.25) is 4.79 Å². The minimum Gasteiger partial charge on any atom is -0.490 e. The van der Waals surface area contributed by atoms with E-state index in [1.54, 1.807) is 20.4 Å². The highest BCUT2D eigenvalue weighted by Gasteiger charge is 2.40. The molecule has 0 amide bonds. The van der Waals surface area contributed by atoms with Gasteiger partial charge in [-0.2, -0.15) is 0 Å². The Morgan fingerprint density at radius 3 is 2.55 bits per heavy atom. The summed E-state index contributed by atoms with van der Waals surface area (Å²) in [5.74, 6) is 0.656. The Morgan fingerprint density at radius 1 is 1.16 bits per heavy atom. The minimum absolute atomic E-state index is 0.0221. The predicted octanol–water partition coefficient (Wildman–Crippen LogP) is 4.51. The molecule has 0 unspecified atom stereocenters. The zero-order valence-electron chi connectivity index (χ0n) is 22.3. The molecule has 3 atom stereocenters. The van der Waals surface area contributed by atoms with Crippen molar-refractivity contribution >= 4 is 28.9 Å². The molecule has 2 saturated heterocycles. The number of methoxy groups -OCH3 is 2. The van der Waals surface area contributed by atoms with Crippen molar-refractivity contribution in [3.63, 3.8) is 0 Å². The van der Waals surface area contributed by atoms with Crippen LogP contribution in [0.1, 0.15) is 32.6 Å². The standard InChI is InChI=1S/C28H38ClN3O6/c1-19-24(16-28(33)34)32(18-26(19)37-14-4-13-35-2)20-5-7-21(8-6-20)38-22-9-11-31(12-10-22)25-15-27(36-3)30-17-23(25)29/h5-8,15,17,19,22,24,26H,4,9-14,16,18H2,1-3H3,(H,33,34)/t19-,24-,26-/m0/s1. The van der Waals surface area contributed by atoms with Crippen LogP contribution < -0.4 is 19.3 Å². The lowest BCUT2D eigenvalue weighted by molar-refractivity contribution is -0.137. The smallest absolute Gasteiger partial charge is 0.305 e. The summed E-state index contributed by atoms with van der Waals surface area (Å²) in [5.41, 5.74) is 1.91. The third-order valence-corrected chi connectivity index (χ3v) is 7.74. The van der Waals surface area contributed by atoms with Crippen LogP contribution in [0, 0.1) is 5.92 Å². The summed E-state index contributed by atoms with van der Waals surface area (Å²) in [6, 6.07) is 9.72. The molecule has 2 aliphatic heterocycles. The number of anilines is 2. The monoisotopic (exact) mass is 547 g/mol. The normalized spacial score (nSPS) is 22.1. The van der Waals surface area contributed by atoms with Crippen molar-refractivity contribution in [1.82, 2.24) is 4.98 Å². The van der Waals surface area contributed by atoms with Crippen LogP contribution in [0.15, 0.2) is 36.5 Å². The number of benzene rings is 1. The summed E-state index contributed by atoms with van der Waals surface area (Å²) in [6.45, 7) is 5.63. The molecule has 1 aromatic heterocycles. The van der Waals surface area contributed by atoms with Crippen molar-refractivity contribution in [2.24, 2.45) is 5.92 Å². The maximum Gasteiger partial charge on any atom is 0.305 e. The molecule has 2 fully saturated rings. The van der Waals surface area contributed by atoms with E-state index in [1.807, 2.05) is 30.3 Å². The molecule has 9 nitrogen and oxygen atoms in total. The fraction of sp³-hybridized carbons (Fsp3) is 0.571. The number of aliphatic carboxylic acids is 1. The number of rotatable bonds is 12. The maximum atomic E-state index is 11.6. The number of hydrogen-bond donors (Lipinski definition) is 1. The quantitative estimate of drug-likeness (QED) is 0.385. The lowest BCUT2D eigenvalue weighted by Gasteiger charge is -2.34. The second kappa shape index (κ2) is 13.4. The van der Waals surface area contributed by atoms with E-state index < -0.39 is 5.97 Å². The van der Waals surface area contributed by atoms with Crippen molar-refractivity contribution in [2.75, 3.05) is 56.9 Å². The van der Waals surface area contributed by atoms with Gasteiger partial charge in [0.15, 0.2) is 0 Å². The number of carboxylic acid groups (broad SMARTS) is 1. The van der Waals surface area contributed by atoms with Gasteiger partial charge in [0, 0.05) is 76.5 Å². The van der Waals surface area contributed by atoms with Crippen LogP contribution in [0.3, 0.4) is 0 Å². The summed E-state index contributed by atoms with van der Waals surface area (Å²) >= 11 is 6.37. The van der Waals surface area contributed by atoms with E-state index in [0.29, 0.717) is 30.7 Å². The van der Waals surface area contributed by atoms with Gasteiger partial charge in [0.2, 0.25) is 5.88 Å². The van der Waals surface area contributed by atoms with Gasteiger partial charge in [0.1, 0.15) is 11.9 Å². The summed E-state index contributed by atoms with van der Waals surface area (Å²) in [6.07, 6.45) is 4.34. The summed E-state index contributed by atoms with van der Waals surface area (Å²) in [4.78, 5) is 20.2. The lowest BCUT2D eigenvalue weighted by atomic mass is 9.97. The molecule has 0 radical (unpaired) electrons. The van der Waals surface area contributed by atoms with Gasteiger partial charge in [-0.1, -0.05) is 18.5 Å². The Kier molecular flexibility index (Phi) is 9.93. The fourth-order valence-electron chi connectivity index (χ4n) is 5.33. The number of pyridine rings is 1. The van der Waals surface area contributed by atoms with Gasteiger partial charge in [0.25, 0.3) is 0 Å². The van der Waals surface area contributed by atoms with Gasteiger partial charge in [-0.15, -0.1) is 0 Å². The van der Waals surface area contributed by atoms with E-state index in [9.17, 15) is 9.90 Å². The van der Waals surface area contributed by atoms with Crippen molar-refractivity contribution in [3.8, 4) is 11.6 Å². The molecule has 0 aliphatic carbocycles. The number of halogens is 1. The first-order valence-electron chi connectivity index (χ1n) is 13.2. The first kappa shape index (κ1) is 28.3. The molecule has 10 heteroatoms. The molecule has 0 saturated carbocycles. The molecular formula is C28H38ClN3O6. The Bertz CT molecular complexity index is 1050. The molecule has 4 rings (SSSR count). The predicted molar refractivity (Wildman–Crippen MR) is 147 cm³/mol. The van der Waals surface area contributed by atoms with E-state index in [4.69, 9.17) is 30.5 Å². The fourth-order valence-corrected chi connectivity index (χ4v) is 5.55. The molecule has 3 heterocycles. The van der Waals surface area contributed by atoms with E-state index >= 15 is 0 Å². The van der Waals surface area contributed by atoms with Crippen LogP contribution in [0.4, 0.5) is 11.4 Å². The highest BCUT2D eigenvalue weighted by molar-refractivity contribution is 6.33. The van der Waals surface area contributed by atoms with Gasteiger partial charge in [0.05, 0.1) is 36.5 Å². The van der Waals surface area contributed by atoms with Crippen molar-refractivity contribution in [1.29, 1.82) is 0 Å². The number of hydrogen-bond acceptors (Lipinski definition) is 8. The third kappa shape index (κ3) is 7.01. The van der Waals surface area contributed by atoms with E-state index in [0.717, 1.165) is 49.5 Å². The summed E-state index contributed by atoms with van der Waals surface area (Å²) < 4.78 is 22.8. The van der Waals surface area contributed by atoms with Crippen molar-refractivity contribution in [3.05, 3.63) is 41.6 Å². The van der Waals surface area contributed by atoms with Gasteiger partial charge in [-0.05, 0) is 30.7 Å². The zero-order valence-corrected chi connectivity index (χ0v) is 23.1. The van der Waals surface area contributed by atoms with Crippen LogP contribution in [-0.2, 0) is 14.3 Å². The van der Waals surface area contributed by atoms with Gasteiger partial charge >= 0.3 is 5.97 Å². The lowest BCUT2D eigenvalue weighted by Crippen LogP contribution is -2.38. The van der Waals surface area contributed by atoms with Crippen molar-refractivity contribution in [2.45, 2.75) is 50.9 Å². The largest absolute Gasteiger partial charge is 0.490 e.